The van der Waals surface area contributed by atoms with Gasteiger partial charge in [-0.2, -0.15) is 0 Å². The van der Waals surface area contributed by atoms with E-state index in [0.717, 1.165) is 22.6 Å². The highest BCUT2D eigenvalue weighted by atomic mass is 32.1. The van der Waals surface area contributed by atoms with E-state index >= 15 is 0 Å². The highest BCUT2D eigenvalue weighted by Gasteiger charge is 2.10. The second-order valence-corrected chi connectivity index (χ2v) is 6.95. The number of hydrogen-bond donors (Lipinski definition) is 3. The molecule has 25 heavy (non-hydrogen) atoms. The van der Waals surface area contributed by atoms with E-state index in [1.807, 2.05) is 18.4 Å². The molecule has 3 aromatic rings. The summed E-state index contributed by atoms with van der Waals surface area (Å²) in [5.41, 5.74) is 2.00. The summed E-state index contributed by atoms with van der Waals surface area (Å²) in [4.78, 5) is 38.3. The maximum Gasteiger partial charge on any atom is 0.272 e. The molecule has 0 aliphatic heterocycles. The first-order valence-electron chi connectivity index (χ1n) is 8.13. The Kier molecular flexibility index (Phi) is 4.85. The zero-order valence-electron chi connectivity index (χ0n) is 14.3. The summed E-state index contributed by atoms with van der Waals surface area (Å²) < 4.78 is 0. The molecule has 1 unspecified atom stereocenters. The minimum atomic E-state index is -0.349. The normalized spacial score (nSPS) is 14.2. The molecule has 1 atom stereocenters. The highest BCUT2D eigenvalue weighted by Crippen LogP contribution is 2.19. The Hall–Kier alpha value is -2.67. The standard InChI is InChI=1S/C18H20N4O2S/c1-4-10(2)16-12(19-9-20-16)7-13-17(23)22-14(18(24)21-13)8-15-11(3)5-6-25-15/h5-10H,4H2,1-3H3,(H,19,20)(H,21,24)(H,22,23)/b13-7-,14-8-. The van der Waals surface area contributed by atoms with E-state index in [1.54, 1.807) is 18.5 Å². The molecule has 3 aromatic heterocycles. The van der Waals surface area contributed by atoms with Crippen LogP contribution >= 0.6 is 11.3 Å². The Balaban J connectivity index is 2.12. The van der Waals surface area contributed by atoms with Crippen molar-refractivity contribution in [3.05, 3.63) is 71.0 Å². The maximum absolute atomic E-state index is 12.4. The van der Waals surface area contributed by atoms with Crippen LogP contribution in [0.1, 0.15) is 48.0 Å². The number of nitrogens with zero attached hydrogens (tertiary/aromatic N) is 1. The zero-order valence-corrected chi connectivity index (χ0v) is 15.2. The third-order valence-corrected chi connectivity index (χ3v) is 5.21. The molecule has 3 heterocycles. The molecule has 0 aliphatic carbocycles. The second-order valence-electron chi connectivity index (χ2n) is 6.00. The molecule has 0 bridgehead atoms. The minimum Gasteiger partial charge on any atom is -0.348 e. The van der Waals surface area contributed by atoms with Crippen LogP contribution in [-0.4, -0.2) is 19.9 Å². The summed E-state index contributed by atoms with van der Waals surface area (Å²) in [6.45, 7) is 6.13. The van der Waals surface area contributed by atoms with Crippen LogP contribution in [0.2, 0.25) is 0 Å². The van der Waals surface area contributed by atoms with Crippen LogP contribution in [0.25, 0.3) is 12.2 Å². The number of rotatable bonds is 4. The van der Waals surface area contributed by atoms with E-state index in [9.17, 15) is 9.59 Å². The van der Waals surface area contributed by atoms with Gasteiger partial charge in [0.25, 0.3) is 11.1 Å². The molecule has 3 rings (SSSR count). The molecule has 0 amide bonds. The molecule has 0 aliphatic rings. The van der Waals surface area contributed by atoms with Gasteiger partial charge in [0.2, 0.25) is 0 Å². The van der Waals surface area contributed by atoms with Gasteiger partial charge < -0.3 is 15.0 Å². The largest absolute Gasteiger partial charge is 0.348 e. The molecular weight excluding hydrogens is 336 g/mol. The van der Waals surface area contributed by atoms with Gasteiger partial charge in [-0.1, -0.05) is 13.8 Å². The van der Waals surface area contributed by atoms with Crippen molar-refractivity contribution >= 4 is 23.5 Å². The predicted octanol–water partition coefficient (Wildman–Crippen LogP) is 1.33. The van der Waals surface area contributed by atoms with Crippen molar-refractivity contribution in [1.82, 2.24) is 19.9 Å². The van der Waals surface area contributed by atoms with Gasteiger partial charge in [0.15, 0.2) is 0 Å². The molecular formula is C18H20N4O2S. The molecule has 0 aromatic carbocycles. The van der Waals surface area contributed by atoms with Crippen LogP contribution in [0.15, 0.2) is 27.4 Å². The number of thiophene rings is 1. The lowest BCUT2D eigenvalue weighted by molar-refractivity contribution is 0.711. The first-order chi connectivity index (χ1) is 12.0. The summed E-state index contributed by atoms with van der Waals surface area (Å²) in [6, 6.07) is 1.97. The molecule has 0 saturated carbocycles. The minimum absolute atomic E-state index is 0.196. The Morgan fingerprint density at radius 1 is 1.20 bits per heavy atom. The fraction of sp³-hybridized carbons (Fsp3) is 0.278. The smallest absolute Gasteiger partial charge is 0.272 e. The zero-order chi connectivity index (χ0) is 18.0. The number of hydrogen-bond acceptors (Lipinski definition) is 4. The first kappa shape index (κ1) is 17.2. The molecule has 0 spiro atoms. The Bertz CT molecular complexity index is 1120. The van der Waals surface area contributed by atoms with E-state index in [2.05, 4.69) is 33.8 Å². The van der Waals surface area contributed by atoms with Crippen LogP contribution in [0.4, 0.5) is 0 Å². The van der Waals surface area contributed by atoms with Gasteiger partial charge >= 0.3 is 0 Å². The third kappa shape index (κ3) is 3.56. The van der Waals surface area contributed by atoms with Gasteiger partial charge in [0.05, 0.1) is 12.0 Å². The topological polar surface area (TPSA) is 94.4 Å². The Morgan fingerprint density at radius 2 is 1.88 bits per heavy atom. The van der Waals surface area contributed by atoms with Crippen molar-refractivity contribution in [2.45, 2.75) is 33.1 Å². The fourth-order valence-electron chi connectivity index (χ4n) is 2.52. The second kappa shape index (κ2) is 7.06. The van der Waals surface area contributed by atoms with E-state index in [-0.39, 0.29) is 27.7 Å². The first-order valence-corrected chi connectivity index (χ1v) is 9.01. The maximum atomic E-state index is 12.4. The van der Waals surface area contributed by atoms with Gasteiger partial charge in [-0.15, -0.1) is 11.3 Å². The number of aromatic amines is 3. The van der Waals surface area contributed by atoms with Crippen molar-refractivity contribution in [1.29, 1.82) is 0 Å². The van der Waals surface area contributed by atoms with Crippen LogP contribution in [0.5, 0.6) is 0 Å². The van der Waals surface area contributed by atoms with Gasteiger partial charge in [-0.3, -0.25) is 9.59 Å². The lowest BCUT2D eigenvalue weighted by atomic mass is 10.0. The summed E-state index contributed by atoms with van der Waals surface area (Å²) in [5, 5.41) is 2.39. The average molecular weight is 356 g/mol. The van der Waals surface area contributed by atoms with Crippen molar-refractivity contribution < 1.29 is 0 Å². The number of imidazole rings is 1. The molecule has 3 N–H and O–H groups in total. The van der Waals surface area contributed by atoms with Crippen molar-refractivity contribution in [2.75, 3.05) is 0 Å². The van der Waals surface area contributed by atoms with Gasteiger partial charge in [-0.05, 0) is 48.4 Å². The highest BCUT2D eigenvalue weighted by molar-refractivity contribution is 7.11. The number of aromatic nitrogens is 4. The predicted molar refractivity (Wildman–Crippen MR) is 100 cm³/mol. The Labute approximate surface area is 148 Å². The van der Waals surface area contributed by atoms with E-state index < -0.39 is 0 Å². The lowest BCUT2D eigenvalue weighted by Gasteiger charge is -2.06. The third-order valence-electron chi connectivity index (χ3n) is 4.25. The quantitative estimate of drug-likeness (QED) is 0.658. The monoisotopic (exact) mass is 356 g/mol. The van der Waals surface area contributed by atoms with E-state index in [1.165, 1.54) is 11.3 Å². The summed E-state index contributed by atoms with van der Waals surface area (Å²) >= 11 is 1.52. The molecule has 0 radical (unpaired) electrons. The van der Waals surface area contributed by atoms with Crippen LogP contribution < -0.4 is 21.8 Å². The van der Waals surface area contributed by atoms with Gasteiger partial charge in [-0.25, -0.2) is 4.98 Å². The number of nitrogens with one attached hydrogen (secondary N) is 3. The lowest BCUT2D eigenvalue weighted by Crippen LogP contribution is -2.46. The fourth-order valence-corrected chi connectivity index (χ4v) is 3.38. The average Bonchev–Trinajstić information content (AvgIpc) is 3.21. The summed E-state index contributed by atoms with van der Waals surface area (Å²) in [5.74, 6) is 0.286. The van der Waals surface area contributed by atoms with Crippen molar-refractivity contribution in [3.63, 3.8) is 0 Å². The molecule has 0 saturated heterocycles. The van der Waals surface area contributed by atoms with Gasteiger partial charge in [0, 0.05) is 10.6 Å². The van der Waals surface area contributed by atoms with Crippen molar-refractivity contribution in [3.8, 4) is 0 Å². The summed E-state index contributed by atoms with van der Waals surface area (Å²) in [7, 11) is 0. The van der Waals surface area contributed by atoms with Gasteiger partial charge in [0.1, 0.15) is 10.7 Å². The molecule has 6 nitrogen and oxygen atoms in total. The van der Waals surface area contributed by atoms with E-state index in [0.29, 0.717) is 5.69 Å². The van der Waals surface area contributed by atoms with Crippen molar-refractivity contribution in [2.24, 2.45) is 0 Å². The number of aryl methyl sites for hydroxylation is 1. The van der Waals surface area contributed by atoms with Crippen LogP contribution in [0.3, 0.4) is 0 Å². The summed E-state index contributed by atoms with van der Waals surface area (Å²) in [6.07, 6.45) is 5.85. The SMILES string of the molecule is CCC(C)c1[nH]cnc1/C=c1\[nH]c(=O)/c(=C/c2sccc2C)[nH]c1=O. The molecule has 0 fully saturated rings. The van der Waals surface area contributed by atoms with E-state index in [4.69, 9.17) is 0 Å². The Morgan fingerprint density at radius 3 is 2.48 bits per heavy atom. The molecule has 130 valence electrons. The number of H-pyrrole nitrogens is 3. The molecule has 7 heteroatoms. The van der Waals surface area contributed by atoms with Crippen LogP contribution in [-0.2, 0) is 0 Å². The van der Waals surface area contributed by atoms with Crippen LogP contribution in [0, 0.1) is 6.92 Å².